The first kappa shape index (κ1) is 18.0. The lowest BCUT2D eigenvalue weighted by atomic mass is 9.95. The molecule has 26 heavy (non-hydrogen) atoms. The second kappa shape index (κ2) is 8.04. The van der Waals surface area contributed by atoms with Gasteiger partial charge in [0.15, 0.2) is 0 Å². The number of carbonyl (C=O) groups excluding carboxylic acids is 2. The first-order chi connectivity index (χ1) is 12.6. The standard InChI is InChI=1S/C21H24N2O3/c1-15-7-3-4-8-17(15)21(25)23-13-11-16(12-14-23)20(24)22-18-9-5-6-10-19(18)26-2/h3-10,16H,11-14H2,1-2H3,(H,22,24). The highest BCUT2D eigenvalue weighted by atomic mass is 16.5. The smallest absolute Gasteiger partial charge is 0.254 e. The van der Waals surface area contributed by atoms with Crippen molar-refractivity contribution in [1.29, 1.82) is 0 Å². The van der Waals surface area contributed by atoms with Crippen LogP contribution < -0.4 is 10.1 Å². The molecule has 0 bridgehead atoms. The molecule has 0 aromatic heterocycles. The number of nitrogens with zero attached hydrogens (tertiary/aromatic N) is 1. The third kappa shape index (κ3) is 3.87. The predicted octanol–water partition coefficient (Wildman–Crippen LogP) is 3.49. The van der Waals surface area contributed by atoms with E-state index in [4.69, 9.17) is 4.74 Å². The van der Waals surface area contributed by atoms with Gasteiger partial charge in [-0.2, -0.15) is 0 Å². The van der Waals surface area contributed by atoms with Gasteiger partial charge in [-0.25, -0.2) is 0 Å². The van der Waals surface area contributed by atoms with Crippen molar-refractivity contribution in [1.82, 2.24) is 4.90 Å². The Labute approximate surface area is 154 Å². The molecule has 1 heterocycles. The molecular weight excluding hydrogens is 328 g/mol. The number of benzene rings is 2. The van der Waals surface area contributed by atoms with Gasteiger partial charge in [-0.05, 0) is 43.5 Å². The number of para-hydroxylation sites is 2. The van der Waals surface area contributed by atoms with Crippen LogP contribution >= 0.6 is 0 Å². The van der Waals surface area contributed by atoms with Gasteiger partial charge in [0.05, 0.1) is 12.8 Å². The first-order valence-corrected chi connectivity index (χ1v) is 8.89. The lowest BCUT2D eigenvalue weighted by Crippen LogP contribution is -2.41. The van der Waals surface area contributed by atoms with Crippen molar-refractivity contribution >= 4 is 17.5 Å². The second-order valence-electron chi connectivity index (χ2n) is 6.57. The van der Waals surface area contributed by atoms with E-state index >= 15 is 0 Å². The van der Waals surface area contributed by atoms with Gasteiger partial charge in [0.2, 0.25) is 5.91 Å². The van der Waals surface area contributed by atoms with Crippen LogP contribution in [0.5, 0.6) is 5.75 Å². The number of hydrogen-bond acceptors (Lipinski definition) is 3. The summed E-state index contributed by atoms with van der Waals surface area (Å²) in [6, 6.07) is 15.0. The van der Waals surface area contributed by atoms with Gasteiger partial charge in [-0.3, -0.25) is 9.59 Å². The molecule has 1 saturated heterocycles. The summed E-state index contributed by atoms with van der Waals surface area (Å²) in [4.78, 5) is 27.1. The molecule has 0 radical (unpaired) electrons. The normalized spacial score (nSPS) is 14.8. The van der Waals surface area contributed by atoms with E-state index in [-0.39, 0.29) is 17.7 Å². The molecule has 136 valence electrons. The molecule has 2 aromatic carbocycles. The lowest BCUT2D eigenvalue weighted by molar-refractivity contribution is -0.121. The molecule has 2 aromatic rings. The SMILES string of the molecule is COc1ccccc1NC(=O)C1CCN(C(=O)c2ccccc2C)CC1. The monoisotopic (exact) mass is 352 g/mol. The Kier molecular flexibility index (Phi) is 5.56. The Morgan fingerprint density at radius 3 is 2.38 bits per heavy atom. The number of nitrogens with one attached hydrogen (secondary N) is 1. The van der Waals surface area contributed by atoms with Gasteiger partial charge >= 0.3 is 0 Å². The number of rotatable bonds is 4. The van der Waals surface area contributed by atoms with Crippen LogP contribution in [0, 0.1) is 12.8 Å². The molecule has 2 amide bonds. The molecule has 0 saturated carbocycles. The first-order valence-electron chi connectivity index (χ1n) is 8.89. The van der Waals surface area contributed by atoms with Crippen LogP contribution in [0.15, 0.2) is 48.5 Å². The average molecular weight is 352 g/mol. The molecule has 3 rings (SSSR count). The summed E-state index contributed by atoms with van der Waals surface area (Å²) >= 11 is 0. The van der Waals surface area contributed by atoms with Gasteiger partial charge in [0, 0.05) is 24.6 Å². The summed E-state index contributed by atoms with van der Waals surface area (Å²) in [6.07, 6.45) is 1.33. The maximum Gasteiger partial charge on any atom is 0.254 e. The summed E-state index contributed by atoms with van der Waals surface area (Å²) in [5.74, 6) is 0.582. The molecule has 1 N–H and O–H groups in total. The maximum absolute atomic E-state index is 12.7. The molecular formula is C21H24N2O3. The van der Waals surface area contributed by atoms with Gasteiger partial charge < -0.3 is 15.0 Å². The third-order valence-electron chi connectivity index (χ3n) is 4.89. The zero-order chi connectivity index (χ0) is 18.5. The Morgan fingerprint density at radius 2 is 1.69 bits per heavy atom. The van der Waals surface area contributed by atoms with E-state index in [1.54, 1.807) is 7.11 Å². The lowest BCUT2D eigenvalue weighted by Gasteiger charge is -2.31. The number of anilines is 1. The number of hydrogen-bond donors (Lipinski definition) is 1. The summed E-state index contributed by atoms with van der Waals surface area (Å²) in [7, 11) is 1.58. The molecule has 5 nitrogen and oxygen atoms in total. The van der Waals surface area contributed by atoms with Crippen molar-refractivity contribution in [3.8, 4) is 5.75 Å². The molecule has 1 aliphatic heterocycles. The molecule has 0 atom stereocenters. The van der Waals surface area contributed by atoms with Crippen LogP contribution in [0.4, 0.5) is 5.69 Å². The van der Waals surface area contributed by atoms with Gasteiger partial charge in [-0.15, -0.1) is 0 Å². The summed E-state index contributed by atoms with van der Waals surface area (Å²) in [5.41, 5.74) is 2.40. The van der Waals surface area contributed by atoms with E-state index < -0.39 is 0 Å². The number of carbonyl (C=O) groups is 2. The van der Waals surface area contributed by atoms with E-state index in [0.29, 0.717) is 37.4 Å². The molecule has 1 fully saturated rings. The van der Waals surface area contributed by atoms with E-state index in [2.05, 4.69) is 5.32 Å². The molecule has 0 spiro atoms. The highest BCUT2D eigenvalue weighted by Gasteiger charge is 2.28. The van der Waals surface area contributed by atoms with Crippen molar-refractivity contribution in [3.05, 3.63) is 59.7 Å². The molecule has 0 aliphatic carbocycles. The fourth-order valence-corrected chi connectivity index (χ4v) is 3.31. The van der Waals surface area contributed by atoms with E-state index in [1.807, 2.05) is 60.4 Å². The molecule has 5 heteroatoms. The number of ether oxygens (including phenoxy) is 1. The Hall–Kier alpha value is -2.82. The largest absolute Gasteiger partial charge is 0.495 e. The Bertz CT molecular complexity index is 795. The van der Waals surface area contributed by atoms with Crippen LogP contribution in [0.25, 0.3) is 0 Å². The fraction of sp³-hybridized carbons (Fsp3) is 0.333. The Balaban J connectivity index is 1.59. The second-order valence-corrected chi connectivity index (χ2v) is 6.57. The van der Waals surface area contributed by atoms with Crippen LogP contribution in [-0.4, -0.2) is 36.9 Å². The van der Waals surface area contributed by atoms with E-state index in [0.717, 1.165) is 11.1 Å². The summed E-state index contributed by atoms with van der Waals surface area (Å²) in [5, 5.41) is 2.95. The van der Waals surface area contributed by atoms with Crippen molar-refractivity contribution in [2.24, 2.45) is 5.92 Å². The molecule has 1 aliphatic rings. The van der Waals surface area contributed by atoms with Crippen molar-refractivity contribution in [2.45, 2.75) is 19.8 Å². The van der Waals surface area contributed by atoms with E-state index in [9.17, 15) is 9.59 Å². The van der Waals surface area contributed by atoms with Gasteiger partial charge in [-0.1, -0.05) is 30.3 Å². The Morgan fingerprint density at radius 1 is 1.04 bits per heavy atom. The number of methoxy groups -OCH3 is 1. The minimum Gasteiger partial charge on any atom is -0.495 e. The number of likely N-dealkylation sites (tertiary alicyclic amines) is 1. The predicted molar refractivity (Wildman–Crippen MR) is 101 cm³/mol. The van der Waals surface area contributed by atoms with Crippen molar-refractivity contribution in [3.63, 3.8) is 0 Å². The maximum atomic E-state index is 12.7. The third-order valence-corrected chi connectivity index (χ3v) is 4.89. The highest BCUT2D eigenvalue weighted by Crippen LogP contribution is 2.26. The quantitative estimate of drug-likeness (QED) is 0.916. The topological polar surface area (TPSA) is 58.6 Å². The van der Waals surface area contributed by atoms with Crippen LogP contribution in [0.2, 0.25) is 0 Å². The van der Waals surface area contributed by atoms with Gasteiger partial charge in [0.25, 0.3) is 5.91 Å². The van der Waals surface area contributed by atoms with Crippen molar-refractivity contribution < 1.29 is 14.3 Å². The fourth-order valence-electron chi connectivity index (χ4n) is 3.31. The number of piperidine rings is 1. The van der Waals surface area contributed by atoms with E-state index in [1.165, 1.54) is 0 Å². The zero-order valence-corrected chi connectivity index (χ0v) is 15.2. The number of amides is 2. The minimum absolute atomic E-state index is 0.0162. The minimum atomic E-state index is -0.0965. The summed E-state index contributed by atoms with van der Waals surface area (Å²) < 4.78 is 5.27. The summed E-state index contributed by atoms with van der Waals surface area (Å²) in [6.45, 7) is 3.13. The zero-order valence-electron chi connectivity index (χ0n) is 15.2. The number of aryl methyl sites for hydroxylation is 1. The average Bonchev–Trinajstić information content (AvgIpc) is 2.68. The van der Waals surface area contributed by atoms with Crippen LogP contribution in [-0.2, 0) is 4.79 Å². The van der Waals surface area contributed by atoms with Gasteiger partial charge in [0.1, 0.15) is 5.75 Å². The van der Waals surface area contributed by atoms with Crippen molar-refractivity contribution in [2.75, 3.05) is 25.5 Å². The van der Waals surface area contributed by atoms with Crippen LogP contribution in [0.3, 0.4) is 0 Å². The van der Waals surface area contributed by atoms with Crippen LogP contribution in [0.1, 0.15) is 28.8 Å². The highest BCUT2D eigenvalue weighted by molar-refractivity contribution is 5.96. The molecule has 0 unspecified atom stereocenters.